The lowest BCUT2D eigenvalue weighted by molar-refractivity contribution is 0.357. The second-order valence-corrected chi connectivity index (χ2v) is 9.43. The van der Waals surface area contributed by atoms with Crippen LogP contribution in [0.3, 0.4) is 0 Å². The molecule has 8 heteroatoms. The highest BCUT2D eigenvalue weighted by molar-refractivity contribution is 7.89. The maximum absolute atomic E-state index is 13.1. The Balaban J connectivity index is 1.83. The van der Waals surface area contributed by atoms with Gasteiger partial charge in [0.15, 0.2) is 0 Å². The molecule has 0 unspecified atom stereocenters. The molecule has 0 atom stereocenters. The molecule has 0 N–H and O–H groups in total. The maximum atomic E-state index is 13.1. The largest absolute Gasteiger partial charge is 0.418 e. The average molecular weight is 406 g/mol. The molecule has 0 radical (unpaired) electrons. The number of thiophene rings is 1. The summed E-state index contributed by atoms with van der Waals surface area (Å²) in [4.78, 5) is 1.14. The van der Waals surface area contributed by atoms with E-state index in [2.05, 4.69) is 24.0 Å². The number of hydrogen-bond donors (Lipinski definition) is 0. The van der Waals surface area contributed by atoms with Crippen molar-refractivity contribution < 1.29 is 12.8 Å². The van der Waals surface area contributed by atoms with Gasteiger partial charge in [0.05, 0.1) is 16.3 Å². The fraction of sp³-hybridized carbons (Fsp3) is 0.368. The molecule has 0 fully saturated rings. The van der Waals surface area contributed by atoms with Gasteiger partial charge in [0.2, 0.25) is 15.9 Å². The van der Waals surface area contributed by atoms with Crippen LogP contribution < -0.4 is 0 Å². The Morgan fingerprint density at radius 1 is 1.15 bits per heavy atom. The molecule has 2 aromatic heterocycles. The molecule has 1 aromatic carbocycles. The molecule has 0 aliphatic rings. The molecule has 3 aromatic rings. The Hall–Kier alpha value is -2.03. The van der Waals surface area contributed by atoms with Gasteiger partial charge in [-0.05, 0) is 41.5 Å². The highest BCUT2D eigenvalue weighted by Gasteiger charge is 2.26. The Labute approximate surface area is 163 Å². The summed E-state index contributed by atoms with van der Waals surface area (Å²) >= 11 is 1.50. The summed E-state index contributed by atoms with van der Waals surface area (Å²) in [7, 11) is -3.64. The van der Waals surface area contributed by atoms with Gasteiger partial charge < -0.3 is 4.42 Å². The van der Waals surface area contributed by atoms with E-state index in [4.69, 9.17) is 4.42 Å². The van der Waals surface area contributed by atoms with Crippen molar-refractivity contribution in [2.45, 2.75) is 44.6 Å². The number of sulfonamides is 1. The van der Waals surface area contributed by atoms with Gasteiger partial charge in [-0.25, -0.2) is 8.42 Å². The SMILES string of the molecule is CCCN(Cc1nnc(-c2cccs2)o1)S(=O)(=O)c1ccc(C(C)C)cc1. The predicted octanol–water partition coefficient (Wildman–Crippen LogP) is 4.52. The lowest BCUT2D eigenvalue weighted by Gasteiger charge is -2.20. The normalized spacial score (nSPS) is 12.2. The number of nitrogens with zero attached hydrogens (tertiary/aromatic N) is 3. The molecule has 0 spiro atoms. The van der Waals surface area contributed by atoms with E-state index in [1.54, 1.807) is 12.1 Å². The first-order valence-corrected chi connectivity index (χ1v) is 11.2. The zero-order valence-corrected chi connectivity index (χ0v) is 17.3. The van der Waals surface area contributed by atoms with Gasteiger partial charge in [0, 0.05) is 6.54 Å². The zero-order valence-electron chi connectivity index (χ0n) is 15.6. The third-order valence-electron chi connectivity index (χ3n) is 4.17. The first-order chi connectivity index (χ1) is 12.9. The van der Waals surface area contributed by atoms with Crippen molar-refractivity contribution in [2.75, 3.05) is 6.54 Å². The van der Waals surface area contributed by atoms with E-state index in [0.717, 1.165) is 10.4 Å². The topological polar surface area (TPSA) is 76.3 Å². The lowest BCUT2D eigenvalue weighted by Crippen LogP contribution is -2.31. The fourth-order valence-electron chi connectivity index (χ4n) is 2.68. The molecular weight excluding hydrogens is 382 g/mol. The maximum Gasteiger partial charge on any atom is 0.257 e. The van der Waals surface area contributed by atoms with Gasteiger partial charge in [0.1, 0.15) is 0 Å². The summed E-state index contributed by atoms with van der Waals surface area (Å²) < 4.78 is 33.2. The molecule has 0 aliphatic heterocycles. The van der Waals surface area contributed by atoms with Crippen LogP contribution in [0.15, 0.2) is 51.1 Å². The summed E-state index contributed by atoms with van der Waals surface area (Å²) in [6.07, 6.45) is 0.690. The van der Waals surface area contributed by atoms with Crippen LogP contribution >= 0.6 is 11.3 Å². The summed E-state index contributed by atoms with van der Waals surface area (Å²) in [6, 6.07) is 10.8. The van der Waals surface area contributed by atoms with Crippen LogP contribution in [0.5, 0.6) is 0 Å². The first kappa shape index (κ1) is 19.7. The van der Waals surface area contributed by atoms with Crippen molar-refractivity contribution in [1.82, 2.24) is 14.5 Å². The molecule has 0 bridgehead atoms. The summed E-state index contributed by atoms with van der Waals surface area (Å²) in [6.45, 7) is 6.53. The van der Waals surface area contributed by atoms with Crippen molar-refractivity contribution in [3.05, 3.63) is 53.2 Å². The minimum Gasteiger partial charge on any atom is -0.418 e. The van der Waals surface area contributed by atoms with E-state index in [1.807, 2.05) is 36.6 Å². The molecule has 0 amide bonds. The van der Waals surface area contributed by atoms with E-state index >= 15 is 0 Å². The molecule has 0 saturated heterocycles. The van der Waals surface area contributed by atoms with Crippen molar-refractivity contribution >= 4 is 21.4 Å². The highest BCUT2D eigenvalue weighted by atomic mass is 32.2. The van der Waals surface area contributed by atoms with Gasteiger partial charge in [-0.2, -0.15) is 4.31 Å². The zero-order chi connectivity index (χ0) is 19.4. The summed E-state index contributed by atoms with van der Waals surface area (Å²) in [5, 5.41) is 9.98. The van der Waals surface area contributed by atoms with Crippen LogP contribution in [0.2, 0.25) is 0 Å². The Morgan fingerprint density at radius 2 is 1.89 bits per heavy atom. The van der Waals surface area contributed by atoms with Gasteiger partial charge >= 0.3 is 0 Å². The average Bonchev–Trinajstić information content (AvgIpc) is 3.33. The van der Waals surface area contributed by atoms with Crippen LogP contribution in [0, 0.1) is 0 Å². The Morgan fingerprint density at radius 3 is 2.48 bits per heavy atom. The molecule has 144 valence electrons. The third kappa shape index (κ3) is 4.45. The lowest BCUT2D eigenvalue weighted by atomic mass is 10.0. The number of aromatic nitrogens is 2. The van der Waals surface area contributed by atoms with Gasteiger partial charge in [-0.1, -0.05) is 39.0 Å². The van der Waals surface area contributed by atoms with Crippen LogP contribution in [-0.4, -0.2) is 29.5 Å². The smallest absolute Gasteiger partial charge is 0.257 e. The fourth-order valence-corrected chi connectivity index (χ4v) is 4.80. The van der Waals surface area contributed by atoms with Crippen molar-refractivity contribution in [3.8, 4) is 10.8 Å². The molecule has 0 aliphatic carbocycles. The molecule has 27 heavy (non-hydrogen) atoms. The Bertz CT molecular complexity index is 962. The Kier molecular flexibility index (Phi) is 6.08. The molecule has 6 nitrogen and oxygen atoms in total. The predicted molar refractivity (Wildman–Crippen MR) is 106 cm³/mol. The molecule has 3 rings (SSSR count). The monoisotopic (exact) mass is 405 g/mol. The van der Waals surface area contributed by atoms with Crippen LogP contribution in [0.4, 0.5) is 0 Å². The number of hydrogen-bond acceptors (Lipinski definition) is 6. The quantitative estimate of drug-likeness (QED) is 0.551. The van der Waals surface area contributed by atoms with Crippen molar-refractivity contribution in [2.24, 2.45) is 0 Å². The van der Waals surface area contributed by atoms with Gasteiger partial charge in [-0.3, -0.25) is 0 Å². The standard InChI is InChI=1S/C19H23N3O3S2/c1-4-11-22(13-18-20-21-19(25-18)17-6-5-12-26-17)27(23,24)16-9-7-15(8-10-16)14(2)3/h5-10,12,14H,4,11,13H2,1-3H3. The summed E-state index contributed by atoms with van der Waals surface area (Å²) in [5.74, 6) is 1.05. The van der Waals surface area contributed by atoms with Crippen LogP contribution in [-0.2, 0) is 16.6 Å². The van der Waals surface area contributed by atoms with Crippen molar-refractivity contribution in [3.63, 3.8) is 0 Å². The first-order valence-electron chi connectivity index (χ1n) is 8.88. The van der Waals surface area contributed by atoms with E-state index in [0.29, 0.717) is 24.8 Å². The second-order valence-electron chi connectivity index (χ2n) is 6.54. The van der Waals surface area contributed by atoms with E-state index in [9.17, 15) is 8.42 Å². The van der Waals surface area contributed by atoms with E-state index in [-0.39, 0.29) is 17.3 Å². The van der Waals surface area contributed by atoms with Gasteiger partial charge in [0.25, 0.3) is 5.89 Å². The van der Waals surface area contributed by atoms with Crippen LogP contribution in [0.1, 0.15) is 44.6 Å². The molecule has 0 saturated carbocycles. The van der Waals surface area contributed by atoms with Crippen molar-refractivity contribution in [1.29, 1.82) is 0 Å². The minimum absolute atomic E-state index is 0.0560. The summed E-state index contributed by atoms with van der Waals surface area (Å²) in [5.41, 5.74) is 1.11. The molecule has 2 heterocycles. The number of benzene rings is 1. The third-order valence-corrected chi connectivity index (χ3v) is 6.89. The van der Waals surface area contributed by atoms with E-state index in [1.165, 1.54) is 15.6 Å². The van der Waals surface area contributed by atoms with Gasteiger partial charge in [-0.15, -0.1) is 21.5 Å². The van der Waals surface area contributed by atoms with E-state index < -0.39 is 10.0 Å². The molecular formula is C19H23N3O3S2. The van der Waals surface area contributed by atoms with Crippen LogP contribution in [0.25, 0.3) is 10.8 Å². The minimum atomic E-state index is -3.64. The number of rotatable bonds is 8. The second kappa shape index (κ2) is 8.33. The highest BCUT2D eigenvalue weighted by Crippen LogP contribution is 2.25.